The number of anilines is 2. The van der Waals surface area contributed by atoms with E-state index in [4.69, 9.17) is 0 Å². The number of nitrogens with zero attached hydrogens (tertiary/aromatic N) is 2. The van der Waals surface area contributed by atoms with Gasteiger partial charge in [0, 0.05) is 40.8 Å². The summed E-state index contributed by atoms with van der Waals surface area (Å²) in [5, 5.41) is 10.5. The molecule has 1 aliphatic carbocycles. The number of amides is 1. The van der Waals surface area contributed by atoms with Crippen LogP contribution in [0.4, 0.5) is 15.9 Å². The van der Waals surface area contributed by atoms with Crippen molar-refractivity contribution in [3.8, 4) is 0 Å². The number of carbonyl (C=O) groups is 1. The van der Waals surface area contributed by atoms with Crippen LogP contribution in [0.3, 0.4) is 0 Å². The summed E-state index contributed by atoms with van der Waals surface area (Å²) in [4.78, 5) is 21.2. The van der Waals surface area contributed by atoms with Crippen molar-refractivity contribution < 1.29 is 9.18 Å². The fraction of sp³-hybridized carbons (Fsp3) is 0.269. The summed E-state index contributed by atoms with van der Waals surface area (Å²) in [7, 11) is 0. The standard InChI is InChI=1S/C26H28FN5OS/c1-4-14-28-23(18-8-9-18)15-16(2)29-25-21-6-5-7-22(27)24(21)31-26(32-25)34-20-12-10-19(11-13-20)30-17(3)33/h5-7,10-13,15,18,28H,2,4,8-9,14H2,1,3H3,(H,30,33)(H,29,31,32)/b23-15-. The van der Waals surface area contributed by atoms with E-state index in [1.54, 1.807) is 24.3 Å². The largest absolute Gasteiger partial charge is 0.388 e. The molecule has 1 heterocycles. The second-order valence-electron chi connectivity index (χ2n) is 8.25. The zero-order valence-electron chi connectivity index (χ0n) is 19.3. The van der Waals surface area contributed by atoms with Crippen molar-refractivity contribution in [2.75, 3.05) is 17.2 Å². The third kappa shape index (κ3) is 6.14. The first kappa shape index (κ1) is 23.8. The van der Waals surface area contributed by atoms with E-state index in [1.807, 2.05) is 18.2 Å². The highest BCUT2D eigenvalue weighted by Gasteiger charge is 2.26. The average molecular weight is 478 g/mol. The van der Waals surface area contributed by atoms with Gasteiger partial charge in [-0.05, 0) is 79.4 Å². The molecule has 4 rings (SSSR count). The predicted octanol–water partition coefficient (Wildman–Crippen LogP) is 6.10. The van der Waals surface area contributed by atoms with Gasteiger partial charge in [-0.1, -0.05) is 19.6 Å². The molecule has 1 aromatic heterocycles. The predicted molar refractivity (Wildman–Crippen MR) is 136 cm³/mol. The smallest absolute Gasteiger partial charge is 0.221 e. The number of nitrogens with one attached hydrogen (secondary N) is 3. The second-order valence-corrected chi connectivity index (χ2v) is 9.29. The van der Waals surface area contributed by atoms with Crippen LogP contribution in [0.1, 0.15) is 33.1 Å². The minimum atomic E-state index is -0.407. The van der Waals surface area contributed by atoms with Gasteiger partial charge in [0.15, 0.2) is 5.16 Å². The monoisotopic (exact) mass is 477 g/mol. The van der Waals surface area contributed by atoms with E-state index in [1.165, 1.54) is 43.3 Å². The van der Waals surface area contributed by atoms with Crippen LogP contribution in [0.15, 0.2) is 76.6 Å². The third-order valence-electron chi connectivity index (χ3n) is 5.25. The zero-order valence-corrected chi connectivity index (χ0v) is 20.1. The quantitative estimate of drug-likeness (QED) is 0.242. The summed E-state index contributed by atoms with van der Waals surface area (Å²) in [6.45, 7) is 8.68. The minimum absolute atomic E-state index is 0.131. The maximum atomic E-state index is 14.6. The SMILES string of the molecule is C=C(/C=C(\NCCC)C1CC1)Nc1nc(Sc2ccc(NC(C)=O)cc2)nc2c(F)cccc12. The van der Waals surface area contributed by atoms with E-state index < -0.39 is 5.82 Å². The maximum Gasteiger partial charge on any atom is 0.221 e. The Kier molecular flexibility index (Phi) is 7.47. The van der Waals surface area contributed by atoms with Crippen LogP contribution in [0, 0.1) is 11.7 Å². The van der Waals surface area contributed by atoms with Gasteiger partial charge in [0.05, 0.1) is 0 Å². The number of hydrogen-bond acceptors (Lipinski definition) is 6. The Balaban J connectivity index is 1.60. The highest BCUT2D eigenvalue weighted by molar-refractivity contribution is 7.99. The Bertz CT molecular complexity index is 1240. The molecular weight excluding hydrogens is 449 g/mol. The van der Waals surface area contributed by atoms with Crippen LogP contribution in [0.2, 0.25) is 0 Å². The lowest BCUT2D eigenvalue weighted by Gasteiger charge is -2.14. The number of allylic oxidation sites excluding steroid dienone is 2. The van der Waals surface area contributed by atoms with Gasteiger partial charge >= 0.3 is 0 Å². The van der Waals surface area contributed by atoms with Crippen molar-refractivity contribution in [1.29, 1.82) is 0 Å². The molecule has 0 aliphatic heterocycles. The van der Waals surface area contributed by atoms with Crippen molar-refractivity contribution in [3.05, 3.63) is 72.3 Å². The molecular formula is C26H28FN5OS. The van der Waals surface area contributed by atoms with Crippen molar-refractivity contribution >= 4 is 40.1 Å². The van der Waals surface area contributed by atoms with E-state index in [0.29, 0.717) is 33.7 Å². The molecule has 8 heteroatoms. The van der Waals surface area contributed by atoms with Crippen LogP contribution in [-0.2, 0) is 4.79 Å². The highest BCUT2D eigenvalue weighted by Crippen LogP contribution is 2.36. The number of carbonyl (C=O) groups excluding carboxylic acids is 1. The Morgan fingerprint density at radius 2 is 1.94 bits per heavy atom. The van der Waals surface area contributed by atoms with Gasteiger partial charge in [0.1, 0.15) is 17.2 Å². The van der Waals surface area contributed by atoms with Crippen LogP contribution < -0.4 is 16.0 Å². The van der Waals surface area contributed by atoms with Crippen molar-refractivity contribution in [2.45, 2.75) is 43.2 Å². The summed E-state index contributed by atoms with van der Waals surface area (Å²) in [6, 6.07) is 12.2. The summed E-state index contributed by atoms with van der Waals surface area (Å²) in [6.07, 6.45) is 5.43. The first-order valence-corrected chi connectivity index (χ1v) is 12.2. The molecule has 1 amide bonds. The van der Waals surface area contributed by atoms with Crippen molar-refractivity contribution in [1.82, 2.24) is 15.3 Å². The number of benzene rings is 2. The zero-order chi connectivity index (χ0) is 24.1. The number of fused-ring (bicyclic) bond motifs is 1. The van der Waals surface area contributed by atoms with E-state index in [9.17, 15) is 9.18 Å². The Morgan fingerprint density at radius 1 is 1.18 bits per heavy atom. The average Bonchev–Trinajstić information content (AvgIpc) is 3.64. The molecule has 0 saturated heterocycles. The molecule has 0 spiro atoms. The lowest BCUT2D eigenvalue weighted by Crippen LogP contribution is -2.16. The molecule has 2 aromatic carbocycles. The topological polar surface area (TPSA) is 78.9 Å². The molecule has 3 aromatic rings. The number of para-hydroxylation sites is 1. The van der Waals surface area contributed by atoms with Gasteiger partial charge in [0.2, 0.25) is 5.91 Å². The van der Waals surface area contributed by atoms with E-state index in [-0.39, 0.29) is 11.4 Å². The molecule has 176 valence electrons. The van der Waals surface area contributed by atoms with E-state index in [0.717, 1.165) is 17.9 Å². The Labute approximate surface area is 203 Å². The van der Waals surface area contributed by atoms with Crippen LogP contribution in [-0.4, -0.2) is 22.4 Å². The number of aromatic nitrogens is 2. The third-order valence-corrected chi connectivity index (χ3v) is 6.12. The van der Waals surface area contributed by atoms with E-state index in [2.05, 4.69) is 39.4 Å². The molecule has 0 atom stereocenters. The lowest BCUT2D eigenvalue weighted by atomic mass is 10.2. The minimum Gasteiger partial charge on any atom is -0.388 e. The van der Waals surface area contributed by atoms with Crippen molar-refractivity contribution in [2.24, 2.45) is 5.92 Å². The molecule has 0 unspecified atom stereocenters. The number of halogens is 1. The Hall–Kier alpha value is -3.39. The molecule has 6 nitrogen and oxygen atoms in total. The second kappa shape index (κ2) is 10.7. The Morgan fingerprint density at radius 3 is 2.62 bits per heavy atom. The van der Waals surface area contributed by atoms with Gasteiger partial charge in [-0.15, -0.1) is 0 Å². The molecule has 3 N–H and O–H groups in total. The summed E-state index contributed by atoms with van der Waals surface area (Å²) in [5.41, 5.74) is 2.82. The first-order valence-electron chi connectivity index (χ1n) is 11.4. The van der Waals surface area contributed by atoms with Crippen molar-refractivity contribution in [3.63, 3.8) is 0 Å². The van der Waals surface area contributed by atoms with Gasteiger partial charge in [0.25, 0.3) is 0 Å². The number of rotatable bonds is 10. The van der Waals surface area contributed by atoms with Gasteiger partial charge in [-0.3, -0.25) is 4.79 Å². The summed E-state index contributed by atoms with van der Waals surface area (Å²) >= 11 is 1.32. The summed E-state index contributed by atoms with van der Waals surface area (Å²) < 4.78 is 14.6. The molecule has 0 bridgehead atoms. The fourth-order valence-corrected chi connectivity index (χ4v) is 4.26. The van der Waals surface area contributed by atoms with Gasteiger partial charge in [-0.2, -0.15) is 0 Å². The summed E-state index contributed by atoms with van der Waals surface area (Å²) in [5.74, 6) is 0.522. The van der Waals surface area contributed by atoms with Crippen LogP contribution >= 0.6 is 11.8 Å². The lowest BCUT2D eigenvalue weighted by molar-refractivity contribution is -0.114. The van der Waals surface area contributed by atoms with Gasteiger partial charge in [-0.25, -0.2) is 14.4 Å². The maximum absolute atomic E-state index is 14.6. The molecule has 1 aliphatic rings. The molecule has 1 saturated carbocycles. The fourth-order valence-electron chi connectivity index (χ4n) is 3.51. The highest BCUT2D eigenvalue weighted by atomic mass is 32.2. The molecule has 0 radical (unpaired) electrons. The molecule has 34 heavy (non-hydrogen) atoms. The van der Waals surface area contributed by atoms with Gasteiger partial charge < -0.3 is 16.0 Å². The van der Waals surface area contributed by atoms with E-state index >= 15 is 0 Å². The normalized spacial score (nSPS) is 13.6. The first-order chi connectivity index (χ1) is 16.4. The number of hydrogen-bond donors (Lipinski definition) is 3. The van der Waals surface area contributed by atoms with Crippen LogP contribution in [0.25, 0.3) is 10.9 Å². The molecule has 1 fully saturated rings. The van der Waals surface area contributed by atoms with Crippen LogP contribution in [0.5, 0.6) is 0 Å².